The van der Waals surface area contributed by atoms with E-state index in [4.69, 9.17) is 5.11 Å². The van der Waals surface area contributed by atoms with Crippen LogP contribution in [0.4, 0.5) is 4.39 Å². The molecule has 1 unspecified atom stereocenters. The van der Waals surface area contributed by atoms with Gasteiger partial charge in [-0.3, -0.25) is 9.68 Å². The normalized spacial score (nSPS) is 16.3. The highest BCUT2D eigenvalue weighted by molar-refractivity contribution is 5.35. The van der Waals surface area contributed by atoms with E-state index in [1.807, 2.05) is 0 Å². The van der Waals surface area contributed by atoms with Crippen LogP contribution >= 0.6 is 0 Å². The molecule has 0 aliphatic rings. The van der Waals surface area contributed by atoms with Gasteiger partial charge in [-0.2, -0.15) is 0 Å². The molecule has 0 aliphatic heterocycles. The zero-order chi connectivity index (χ0) is 7.33. The van der Waals surface area contributed by atoms with E-state index in [1.54, 1.807) is 0 Å². The average molecular weight is 138 g/mol. The SMILES string of the molecule is CC(O)(CF)OOC=O. The van der Waals surface area contributed by atoms with Crippen LogP contribution in [0.25, 0.3) is 0 Å². The largest absolute Gasteiger partial charge is 0.361 e. The first-order valence-electron chi connectivity index (χ1n) is 2.19. The van der Waals surface area contributed by atoms with Gasteiger partial charge in [0.2, 0.25) is 5.79 Å². The van der Waals surface area contributed by atoms with E-state index in [9.17, 15) is 9.18 Å². The van der Waals surface area contributed by atoms with Crippen molar-refractivity contribution >= 4 is 6.47 Å². The molecule has 4 nitrogen and oxygen atoms in total. The summed E-state index contributed by atoms with van der Waals surface area (Å²) in [6, 6.07) is 0. The summed E-state index contributed by atoms with van der Waals surface area (Å²) >= 11 is 0. The molecule has 0 spiro atoms. The lowest BCUT2D eigenvalue weighted by Gasteiger charge is -2.14. The third-order valence-corrected chi connectivity index (χ3v) is 0.515. The molecule has 1 N–H and O–H groups in total. The third kappa shape index (κ3) is 3.87. The van der Waals surface area contributed by atoms with Gasteiger partial charge in [-0.05, 0) is 6.92 Å². The molecule has 0 aromatic rings. The van der Waals surface area contributed by atoms with Crippen molar-refractivity contribution in [2.45, 2.75) is 12.7 Å². The van der Waals surface area contributed by atoms with Gasteiger partial charge in [0.25, 0.3) is 0 Å². The number of carbonyl (C=O) groups excluding carboxylic acids is 1. The van der Waals surface area contributed by atoms with Crippen LogP contribution in [-0.2, 0) is 14.6 Å². The Morgan fingerprint density at radius 2 is 2.44 bits per heavy atom. The topological polar surface area (TPSA) is 55.8 Å². The second-order valence-electron chi connectivity index (χ2n) is 1.58. The van der Waals surface area contributed by atoms with Crippen molar-refractivity contribution in [2.75, 3.05) is 6.67 Å². The number of hydrogen-bond donors (Lipinski definition) is 1. The van der Waals surface area contributed by atoms with E-state index in [0.29, 0.717) is 0 Å². The van der Waals surface area contributed by atoms with E-state index >= 15 is 0 Å². The summed E-state index contributed by atoms with van der Waals surface area (Å²) in [6.45, 7) is -0.165. The van der Waals surface area contributed by atoms with Crippen molar-refractivity contribution in [1.82, 2.24) is 0 Å². The number of halogens is 1. The molecular weight excluding hydrogens is 131 g/mol. The molecular formula is C4H7FO4. The maximum Gasteiger partial charge on any atom is 0.330 e. The Kier molecular flexibility index (Phi) is 3.11. The minimum Gasteiger partial charge on any atom is -0.361 e. The summed E-state index contributed by atoms with van der Waals surface area (Å²) in [7, 11) is 0. The van der Waals surface area contributed by atoms with Gasteiger partial charge >= 0.3 is 6.47 Å². The number of rotatable bonds is 4. The van der Waals surface area contributed by atoms with Crippen LogP contribution in [0, 0.1) is 0 Å². The summed E-state index contributed by atoms with van der Waals surface area (Å²) in [5.41, 5.74) is 0. The van der Waals surface area contributed by atoms with E-state index in [1.165, 1.54) is 0 Å². The highest BCUT2D eigenvalue weighted by Crippen LogP contribution is 2.04. The molecule has 0 aliphatic carbocycles. The van der Waals surface area contributed by atoms with Crippen LogP contribution in [-0.4, -0.2) is 24.0 Å². The molecule has 0 aromatic heterocycles. The summed E-state index contributed by atoms with van der Waals surface area (Å²) in [4.78, 5) is 16.8. The molecule has 0 amide bonds. The standard InChI is InChI=1S/C4H7FO4/c1-4(7,2-5)9-8-3-6/h3,7H,2H2,1H3. The van der Waals surface area contributed by atoms with Crippen LogP contribution in [0.2, 0.25) is 0 Å². The predicted octanol–water partition coefficient (Wildman–Crippen LogP) is -0.231. The summed E-state index contributed by atoms with van der Waals surface area (Å²) in [5, 5.41) is 8.57. The molecule has 0 fully saturated rings. The number of hydrogen-bond acceptors (Lipinski definition) is 4. The Labute approximate surface area is 51.1 Å². The van der Waals surface area contributed by atoms with Crippen molar-refractivity contribution in [2.24, 2.45) is 0 Å². The molecule has 0 aromatic carbocycles. The summed E-state index contributed by atoms with van der Waals surface area (Å²) in [5.74, 6) is -2.03. The maximum absolute atomic E-state index is 11.5. The van der Waals surface area contributed by atoms with Crippen LogP contribution < -0.4 is 0 Å². The molecule has 0 saturated carbocycles. The lowest BCUT2D eigenvalue weighted by Crippen LogP contribution is -2.30. The monoisotopic (exact) mass is 138 g/mol. The van der Waals surface area contributed by atoms with Gasteiger partial charge in [0.15, 0.2) is 0 Å². The van der Waals surface area contributed by atoms with Gasteiger partial charge < -0.3 is 5.11 Å². The van der Waals surface area contributed by atoms with E-state index in [0.717, 1.165) is 6.92 Å². The minimum atomic E-state index is -2.03. The molecule has 0 rings (SSSR count). The van der Waals surface area contributed by atoms with Crippen molar-refractivity contribution in [3.05, 3.63) is 0 Å². The van der Waals surface area contributed by atoms with Crippen LogP contribution in [0.5, 0.6) is 0 Å². The van der Waals surface area contributed by atoms with Gasteiger partial charge in [-0.15, -0.1) is 4.89 Å². The second kappa shape index (κ2) is 3.37. The van der Waals surface area contributed by atoms with E-state index in [2.05, 4.69) is 9.78 Å². The van der Waals surface area contributed by atoms with Gasteiger partial charge in [-0.1, -0.05) is 0 Å². The number of aliphatic hydroxyl groups is 1. The van der Waals surface area contributed by atoms with Gasteiger partial charge in [0, 0.05) is 0 Å². The minimum absolute atomic E-state index is 0.0515. The first kappa shape index (κ1) is 8.32. The zero-order valence-electron chi connectivity index (χ0n) is 4.83. The third-order valence-electron chi connectivity index (χ3n) is 0.515. The Hall–Kier alpha value is -0.680. The first-order valence-corrected chi connectivity index (χ1v) is 2.19. The zero-order valence-corrected chi connectivity index (χ0v) is 4.83. The smallest absolute Gasteiger partial charge is 0.330 e. The second-order valence-corrected chi connectivity index (χ2v) is 1.58. The lowest BCUT2D eigenvalue weighted by atomic mass is 10.4. The van der Waals surface area contributed by atoms with E-state index < -0.39 is 12.5 Å². The average Bonchev–Trinajstić information content (AvgIpc) is 1.84. The predicted molar refractivity (Wildman–Crippen MR) is 24.8 cm³/mol. The fourth-order valence-electron chi connectivity index (χ4n) is 0.146. The summed E-state index contributed by atoms with van der Waals surface area (Å²) in [6.07, 6.45) is 0. The molecule has 0 heterocycles. The molecule has 0 radical (unpaired) electrons. The Balaban J connectivity index is 3.44. The van der Waals surface area contributed by atoms with Crippen LogP contribution in [0.3, 0.4) is 0 Å². The molecule has 54 valence electrons. The highest BCUT2D eigenvalue weighted by atomic mass is 19.1. The van der Waals surface area contributed by atoms with Crippen molar-refractivity contribution < 1.29 is 24.1 Å². The highest BCUT2D eigenvalue weighted by Gasteiger charge is 2.22. The van der Waals surface area contributed by atoms with Gasteiger partial charge in [-0.25, -0.2) is 4.39 Å². The van der Waals surface area contributed by atoms with E-state index in [-0.39, 0.29) is 6.47 Å². The van der Waals surface area contributed by atoms with Crippen LogP contribution in [0.15, 0.2) is 0 Å². The number of alkyl halides is 1. The van der Waals surface area contributed by atoms with Gasteiger partial charge in [0.1, 0.15) is 6.67 Å². The van der Waals surface area contributed by atoms with Crippen molar-refractivity contribution in [1.29, 1.82) is 0 Å². The van der Waals surface area contributed by atoms with Gasteiger partial charge in [0.05, 0.1) is 0 Å². The molecule has 0 saturated heterocycles. The van der Waals surface area contributed by atoms with Crippen LogP contribution in [0.1, 0.15) is 6.92 Å². The molecule has 5 heteroatoms. The summed E-state index contributed by atoms with van der Waals surface area (Å²) < 4.78 is 11.5. The van der Waals surface area contributed by atoms with Crippen molar-refractivity contribution in [3.8, 4) is 0 Å². The quantitative estimate of drug-likeness (QED) is 0.252. The first-order chi connectivity index (χ1) is 4.12. The lowest BCUT2D eigenvalue weighted by molar-refractivity contribution is -0.383. The molecule has 0 bridgehead atoms. The molecule has 1 atom stereocenters. The number of carbonyl (C=O) groups is 1. The Morgan fingerprint density at radius 1 is 1.89 bits per heavy atom. The van der Waals surface area contributed by atoms with Crippen molar-refractivity contribution in [3.63, 3.8) is 0 Å². The maximum atomic E-state index is 11.5. The Morgan fingerprint density at radius 3 is 2.78 bits per heavy atom. The Bertz CT molecular complexity index is 92.6. The fourth-order valence-corrected chi connectivity index (χ4v) is 0.146. The fraction of sp³-hybridized carbons (Fsp3) is 0.750. The molecule has 9 heavy (non-hydrogen) atoms.